The number of hydrogen-bond donors (Lipinski definition) is 1. The van der Waals surface area contributed by atoms with Gasteiger partial charge >= 0.3 is 0 Å². The molecule has 0 aliphatic heterocycles. The molecule has 0 heterocycles. The van der Waals surface area contributed by atoms with Gasteiger partial charge in [0.1, 0.15) is 5.75 Å². The van der Waals surface area contributed by atoms with Gasteiger partial charge in [0, 0.05) is 18.8 Å². The molecular weight excluding hydrogens is 214 g/mol. The third kappa shape index (κ3) is 4.65. The average molecular weight is 237 g/mol. The Morgan fingerprint density at radius 1 is 1.18 bits per heavy atom. The monoisotopic (exact) mass is 237 g/mol. The molecule has 0 spiro atoms. The van der Waals surface area contributed by atoms with Gasteiger partial charge in [0.05, 0.1) is 12.7 Å². The smallest absolute Gasteiger partial charge is 0.119 e. The zero-order valence-electron chi connectivity index (χ0n) is 11.4. The molecule has 3 heteroatoms. The highest BCUT2D eigenvalue weighted by Crippen LogP contribution is 2.20. The summed E-state index contributed by atoms with van der Waals surface area (Å²) >= 11 is 0. The molecule has 0 aliphatic rings. The van der Waals surface area contributed by atoms with Crippen LogP contribution in [0.15, 0.2) is 24.3 Å². The molecule has 1 aromatic rings. The van der Waals surface area contributed by atoms with Crippen molar-refractivity contribution in [3.05, 3.63) is 24.3 Å². The highest BCUT2D eigenvalue weighted by Gasteiger charge is 2.19. The lowest BCUT2D eigenvalue weighted by atomic mass is 10.00. The molecule has 96 valence electrons. The van der Waals surface area contributed by atoms with Crippen molar-refractivity contribution in [2.24, 2.45) is 0 Å². The molecule has 0 saturated carbocycles. The molecule has 0 saturated heterocycles. The van der Waals surface area contributed by atoms with Crippen LogP contribution in [0, 0.1) is 0 Å². The summed E-state index contributed by atoms with van der Waals surface area (Å²) in [6.07, 6.45) is 0.954. The van der Waals surface area contributed by atoms with Crippen LogP contribution < -0.4 is 10.1 Å². The van der Waals surface area contributed by atoms with Crippen LogP contribution in [0.1, 0.15) is 27.2 Å². The predicted octanol–water partition coefficient (Wildman–Crippen LogP) is 3.31. The van der Waals surface area contributed by atoms with E-state index in [1.54, 1.807) is 14.2 Å². The predicted molar refractivity (Wildman–Crippen MR) is 71.8 cm³/mol. The topological polar surface area (TPSA) is 30.5 Å². The van der Waals surface area contributed by atoms with Crippen molar-refractivity contribution in [3.63, 3.8) is 0 Å². The van der Waals surface area contributed by atoms with E-state index in [0.717, 1.165) is 17.9 Å². The molecule has 0 radical (unpaired) electrons. The minimum absolute atomic E-state index is 0.0983. The van der Waals surface area contributed by atoms with Gasteiger partial charge in [0.2, 0.25) is 0 Å². The van der Waals surface area contributed by atoms with Crippen LogP contribution in [0.25, 0.3) is 0 Å². The van der Waals surface area contributed by atoms with Crippen LogP contribution in [0.4, 0.5) is 5.69 Å². The van der Waals surface area contributed by atoms with Crippen molar-refractivity contribution in [2.45, 2.75) is 38.8 Å². The van der Waals surface area contributed by atoms with Crippen molar-refractivity contribution in [3.8, 4) is 5.75 Å². The van der Waals surface area contributed by atoms with Gasteiger partial charge in [0.25, 0.3) is 0 Å². The number of ether oxygens (including phenoxy) is 2. The van der Waals surface area contributed by atoms with Crippen molar-refractivity contribution < 1.29 is 9.47 Å². The lowest BCUT2D eigenvalue weighted by Crippen LogP contribution is -2.31. The van der Waals surface area contributed by atoms with Crippen LogP contribution in [0.5, 0.6) is 5.75 Å². The van der Waals surface area contributed by atoms with Crippen LogP contribution in [0.3, 0.4) is 0 Å². The summed E-state index contributed by atoms with van der Waals surface area (Å²) in [7, 11) is 3.42. The second-order valence-electron chi connectivity index (χ2n) is 4.94. The maximum absolute atomic E-state index is 5.42. The summed E-state index contributed by atoms with van der Waals surface area (Å²) in [6.45, 7) is 6.35. The molecule has 1 N–H and O–H groups in total. The van der Waals surface area contributed by atoms with Gasteiger partial charge in [-0.3, -0.25) is 0 Å². The molecule has 1 unspecified atom stereocenters. The van der Waals surface area contributed by atoms with E-state index < -0.39 is 0 Å². The lowest BCUT2D eigenvalue weighted by Gasteiger charge is -2.27. The normalized spacial score (nSPS) is 13.2. The summed E-state index contributed by atoms with van der Waals surface area (Å²) in [6, 6.07) is 8.32. The Balaban J connectivity index is 2.52. The summed E-state index contributed by atoms with van der Waals surface area (Å²) < 4.78 is 10.5. The van der Waals surface area contributed by atoms with Gasteiger partial charge in [-0.1, -0.05) is 0 Å². The average Bonchev–Trinajstić information content (AvgIpc) is 2.29. The second-order valence-corrected chi connectivity index (χ2v) is 4.94. The molecule has 3 nitrogen and oxygen atoms in total. The Kier molecular flexibility index (Phi) is 4.82. The Bertz CT molecular complexity index is 333. The van der Waals surface area contributed by atoms with Crippen LogP contribution in [-0.2, 0) is 4.74 Å². The van der Waals surface area contributed by atoms with E-state index in [-0.39, 0.29) is 5.60 Å². The highest BCUT2D eigenvalue weighted by atomic mass is 16.5. The number of hydrogen-bond acceptors (Lipinski definition) is 3. The third-order valence-electron chi connectivity index (χ3n) is 2.85. The van der Waals surface area contributed by atoms with Crippen molar-refractivity contribution in [1.82, 2.24) is 0 Å². The fraction of sp³-hybridized carbons (Fsp3) is 0.571. The van der Waals surface area contributed by atoms with E-state index in [0.29, 0.717) is 6.04 Å². The number of rotatable bonds is 6. The number of anilines is 1. The number of benzene rings is 1. The molecule has 0 amide bonds. The standard InChI is InChI=1S/C14H23NO2/c1-11(10-14(2,3)17-5)15-12-6-8-13(16-4)9-7-12/h6-9,11,15H,10H2,1-5H3. The molecule has 1 atom stereocenters. The van der Waals surface area contributed by atoms with E-state index in [1.807, 2.05) is 24.3 Å². The molecular formula is C14H23NO2. The maximum Gasteiger partial charge on any atom is 0.119 e. The van der Waals surface area contributed by atoms with Crippen LogP contribution >= 0.6 is 0 Å². The van der Waals surface area contributed by atoms with E-state index in [9.17, 15) is 0 Å². The second kappa shape index (κ2) is 5.92. The minimum atomic E-state index is -0.0983. The number of methoxy groups -OCH3 is 2. The largest absolute Gasteiger partial charge is 0.497 e. The first-order chi connectivity index (χ1) is 7.96. The van der Waals surface area contributed by atoms with Gasteiger partial charge < -0.3 is 14.8 Å². The molecule has 17 heavy (non-hydrogen) atoms. The Hall–Kier alpha value is -1.22. The van der Waals surface area contributed by atoms with Gasteiger partial charge in [-0.25, -0.2) is 0 Å². The van der Waals surface area contributed by atoms with Crippen molar-refractivity contribution >= 4 is 5.69 Å². The first kappa shape index (κ1) is 13.8. The summed E-state index contributed by atoms with van der Waals surface area (Å²) in [5.74, 6) is 0.875. The molecule has 0 aliphatic carbocycles. The summed E-state index contributed by atoms with van der Waals surface area (Å²) in [5.41, 5.74) is 1.00. The fourth-order valence-electron chi connectivity index (χ4n) is 1.84. The van der Waals surface area contributed by atoms with Gasteiger partial charge in [0.15, 0.2) is 0 Å². The first-order valence-corrected chi connectivity index (χ1v) is 5.92. The zero-order chi connectivity index (χ0) is 12.9. The van der Waals surface area contributed by atoms with E-state index in [2.05, 4.69) is 26.1 Å². The van der Waals surface area contributed by atoms with E-state index >= 15 is 0 Å². The Labute approximate surface area is 104 Å². The quantitative estimate of drug-likeness (QED) is 0.823. The first-order valence-electron chi connectivity index (χ1n) is 5.92. The zero-order valence-corrected chi connectivity index (χ0v) is 11.4. The van der Waals surface area contributed by atoms with Crippen molar-refractivity contribution in [2.75, 3.05) is 19.5 Å². The molecule has 1 rings (SSSR count). The SMILES string of the molecule is COc1ccc(NC(C)CC(C)(C)OC)cc1. The molecule has 1 aromatic carbocycles. The molecule has 0 aromatic heterocycles. The Morgan fingerprint density at radius 3 is 2.24 bits per heavy atom. The van der Waals surface area contributed by atoms with Crippen molar-refractivity contribution in [1.29, 1.82) is 0 Å². The highest BCUT2D eigenvalue weighted by molar-refractivity contribution is 5.46. The summed E-state index contributed by atoms with van der Waals surface area (Å²) in [5, 5.41) is 3.45. The van der Waals surface area contributed by atoms with Gasteiger partial charge in [-0.2, -0.15) is 0 Å². The van der Waals surface area contributed by atoms with E-state index in [1.165, 1.54) is 0 Å². The lowest BCUT2D eigenvalue weighted by molar-refractivity contribution is 0.0128. The van der Waals surface area contributed by atoms with Crippen LogP contribution in [-0.4, -0.2) is 25.9 Å². The molecule has 0 bridgehead atoms. The third-order valence-corrected chi connectivity index (χ3v) is 2.85. The minimum Gasteiger partial charge on any atom is -0.497 e. The Morgan fingerprint density at radius 2 is 1.76 bits per heavy atom. The van der Waals surface area contributed by atoms with E-state index in [4.69, 9.17) is 9.47 Å². The van der Waals surface area contributed by atoms with Crippen LogP contribution in [0.2, 0.25) is 0 Å². The molecule has 0 fully saturated rings. The van der Waals surface area contributed by atoms with Gasteiger partial charge in [-0.05, 0) is 51.5 Å². The van der Waals surface area contributed by atoms with Gasteiger partial charge in [-0.15, -0.1) is 0 Å². The number of nitrogens with one attached hydrogen (secondary N) is 1. The fourth-order valence-corrected chi connectivity index (χ4v) is 1.84. The summed E-state index contributed by atoms with van der Waals surface area (Å²) in [4.78, 5) is 0. The maximum atomic E-state index is 5.42.